The lowest BCUT2D eigenvalue weighted by molar-refractivity contribution is -0.157. The number of hydrogen-bond donors (Lipinski definition) is 2. The quantitative estimate of drug-likeness (QED) is 0.817. The third-order valence-electron chi connectivity index (χ3n) is 4.32. The van der Waals surface area contributed by atoms with Crippen molar-refractivity contribution in [3.63, 3.8) is 0 Å². The highest BCUT2D eigenvalue weighted by atomic mass is 16.5. The molecule has 9 nitrogen and oxygen atoms in total. The molecule has 0 spiro atoms. The molecule has 1 amide bonds. The fraction of sp³-hybridized carbons (Fsp3) is 0.400. The summed E-state index contributed by atoms with van der Waals surface area (Å²) in [5.74, 6) is -0.695. The molecule has 0 saturated heterocycles. The minimum atomic E-state index is -0.921. The second-order valence-electron chi connectivity index (χ2n) is 5.81. The van der Waals surface area contributed by atoms with Crippen molar-refractivity contribution in [3.05, 3.63) is 24.5 Å². The van der Waals surface area contributed by atoms with Crippen LogP contribution in [-0.2, 0) is 9.59 Å². The summed E-state index contributed by atoms with van der Waals surface area (Å²) in [5, 5.41) is 23.0. The molecule has 1 aromatic carbocycles. The minimum absolute atomic E-state index is 0.0332. The Morgan fingerprint density at radius 3 is 2.75 bits per heavy atom. The maximum Gasteiger partial charge on any atom is 0.310 e. The average Bonchev–Trinajstić information content (AvgIpc) is 3.04. The number of tetrazole rings is 1. The summed E-state index contributed by atoms with van der Waals surface area (Å²) in [6.07, 6.45) is 3.29. The molecule has 0 atom stereocenters. The van der Waals surface area contributed by atoms with Gasteiger partial charge in [0.1, 0.15) is 17.8 Å². The van der Waals surface area contributed by atoms with Crippen molar-refractivity contribution >= 4 is 17.6 Å². The summed E-state index contributed by atoms with van der Waals surface area (Å²) in [4.78, 5) is 23.6. The molecule has 1 aromatic heterocycles. The number of carbonyl (C=O) groups excluding carboxylic acids is 1. The highest BCUT2D eigenvalue weighted by Gasteiger charge is 2.45. The van der Waals surface area contributed by atoms with Gasteiger partial charge in [-0.05, 0) is 41.5 Å². The Labute approximate surface area is 137 Å². The Bertz CT molecular complexity index is 755. The van der Waals surface area contributed by atoms with Gasteiger partial charge >= 0.3 is 5.97 Å². The van der Waals surface area contributed by atoms with Crippen LogP contribution in [0.15, 0.2) is 24.5 Å². The van der Waals surface area contributed by atoms with E-state index >= 15 is 0 Å². The maximum atomic E-state index is 12.2. The van der Waals surface area contributed by atoms with E-state index in [2.05, 4.69) is 20.8 Å². The Kier molecular flexibility index (Phi) is 4.15. The molecule has 0 unspecified atom stereocenters. The van der Waals surface area contributed by atoms with Crippen LogP contribution in [0.5, 0.6) is 5.75 Å². The molecular formula is C15H17N5O4. The van der Waals surface area contributed by atoms with Gasteiger partial charge in [0, 0.05) is 12.1 Å². The van der Waals surface area contributed by atoms with Gasteiger partial charge in [-0.25, -0.2) is 0 Å². The number of benzene rings is 1. The first-order valence-corrected chi connectivity index (χ1v) is 7.49. The van der Waals surface area contributed by atoms with Crippen molar-refractivity contribution in [1.82, 2.24) is 20.2 Å². The van der Waals surface area contributed by atoms with E-state index < -0.39 is 11.4 Å². The Balaban J connectivity index is 1.77. The van der Waals surface area contributed by atoms with E-state index in [-0.39, 0.29) is 12.3 Å². The molecule has 2 aromatic rings. The number of ether oxygens (including phenoxy) is 1. The normalized spacial score (nSPS) is 15.4. The molecule has 126 valence electrons. The first-order chi connectivity index (χ1) is 11.5. The lowest BCUT2D eigenvalue weighted by atomic mass is 9.66. The summed E-state index contributed by atoms with van der Waals surface area (Å²) in [6, 6.07) is 5.03. The third kappa shape index (κ3) is 2.92. The van der Waals surface area contributed by atoms with E-state index in [9.17, 15) is 14.7 Å². The zero-order chi connectivity index (χ0) is 17.2. The molecule has 1 aliphatic carbocycles. The number of carboxylic acid groups (broad SMARTS) is 1. The largest absolute Gasteiger partial charge is 0.494 e. The van der Waals surface area contributed by atoms with Crippen LogP contribution in [0.1, 0.15) is 25.7 Å². The minimum Gasteiger partial charge on any atom is -0.494 e. The molecule has 0 aliphatic heterocycles. The molecule has 24 heavy (non-hydrogen) atoms. The number of carbonyl (C=O) groups is 2. The van der Waals surface area contributed by atoms with Crippen molar-refractivity contribution in [1.29, 1.82) is 0 Å². The first-order valence-electron chi connectivity index (χ1n) is 7.49. The second kappa shape index (κ2) is 6.26. The number of aromatic nitrogens is 4. The van der Waals surface area contributed by atoms with Crippen LogP contribution in [0.4, 0.5) is 5.69 Å². The molecule has 1 saturated carbocycles. The van der Waals surface area contributed by atoms with Gasteiger partial charge in [0.15, 0.2) is 0 Å². The van der Waals surface area contributed by atoms with Crippen LogP contribution in [0.25, 0.3) is 5.69 Å². The smallest absolute Gasteiger partial charge is 0.310 e. The number of nitrogens with one attached hydrogen (secondary N) is 1. The van der Waals surface area contributed by atoms with Crippen molar-refractivity contribution < 1.29 is 19.4 Å². The van der Waals surface area contributed by atoms with E-state index in [1.54, 1.807) is 18.2 Å². The number of nitrogens with zero attached hydrogens (tertiary/aromatic N) is 4. The second-order valence-corrected chi connectivity index (χ2v) is 5.81. The van der Waals surface area contributed by atoms with Crippen LogP contribution in [0.2, 0.25) is 0 Å². The molecule has 0 radical (unpaired) electrons. The monoisotopic (exact) mass is 331 g/mol. The van der Waals surface area contributed by atoms with Gasteiger partial charge in [0.25, 0.3) is 0 Å². The van der Waals surface area contributed by atoms with E-state index in [1.807, 2.05) is 0 Å². The topological polar surface area (TPSA) is 119 Å². The number of anilines is 1. The summed E-state index contributed by atoms with van der Waals surface area (Å²) in [6.45, 7) is 0. The number of amides is 1. The summed E-state index contributed by atoms with van der Waals surface area (Å²) in [5.41, 5.74) is 0.165. The summed E-state index contributed by atoms with van der Waals surface area (Å²) < 4.78 is 6.68. The molecule has 0 bridgehead atoms. The van der Waals surface area contributed by atoms with Crippen molar-refractivity contribution in [2.45, 2.75) is 25.7 Å². The highest BCUT2D eigenvalue weighted by molar-refractivity contribution is 5.94. The fourth-order valence-corrected chi connectivity index (χ4v) is 2.80. The number of aliphatic carboxylic acids is 1. The van der Waals surface area contributed by atoms with Gasteiger partial charge < -0.3 is 15.2 Å². The van der Waals surface area contributed by atoms with Crippen LogP contribution in [0.3, 0.4) is 0 Å². The van der Waals surface area contributed by atoms with Crippen LogP contribution >= 0.6 is 0 Å². The Morgan fingerprint density at radius 2 is 2.21 bits per heavy atom. The van der Waals surface area contributed by atoms with Gasteiger partial charge in [-0.2, -0.15) is 4.68 Å². The number of rotatable bonds is 6. The molecule has 9 heteroatoms. The molecule has 1 fully saturated rings. The van der Waals surface area contributed by atoms with E-state index in [1.165, 1.54) is 18.1 Å². The summed E-state index contributed by atoms with van der Waals surface area (Å²) >= 11 is 0. The standard InChI is InChI=1S/C15H17N5O4/c1-24-12-4-3-10(7-11(12)20-9-16-18-19-20)17-13(21)8-15(14(22)23)5-2-6-15/h3-4,7,9H,2,5-6,8H2,1H3,(H,17,21)(H,22,23). The highest BCUT2D eigenvalue weighted by Crippen LogP contribution is 2.44. The SMILES string of the molecule is COc1ccc(NC(=O)CC2(C(=O)O)CCC2)cc1-n1cnnn1. The van der Waals surface area contributed by atoms with Crippen LogP contribution in [0, 0.1) is 5.41 Å². The number of hydrogen-bond acceptors (Lipinski definition) is 6. The predicted molar refractivity (Wildman–Crippen MR) is 82.9 cm³/mol. The van der Waals surface area contributed by atoms with Crippen molar-refractivity contribution in [3.8, 4) is 11.4 Å². The van der Waals surface area contributed by atoms with Gasteiger partial charge in [-0.1, -0.05) is 6.42 Å². The zero-order valence-corrected chi connectivity index (χ0v) is 13.1. The summed E-state index contributed by atoms with van der Waals surface area (Å²) in [7, 11) is 1.52. The third-order valence-corrected chi connectivity index (χ3v) is 4.32. The molecular weight excluding hydrogens is 314 g/mol. The van der Waals surface area contributed by atoms with Crippen molar-refractivity contribution in [2.75, 3.05) is 12.4 Å². The van der Waals surface area contributed by atoms with E-state index in [4.69, 9.17) is 4.74 Å². The van der Waals surface area contributed by atoms with Crippen LogP contribution < -0.4 is 10.1 Å². The molecule has 2 N–H and O–H groups in total. The van der Waals surface area contributed by atoms with Gasteiger partial charge in [-0.3, -0.25) is 9.59 Å². The fourth-order valence-electron chi connectivity index (χ4n) is 2.80. The lowest BCUT2D eigenvalue weighted by Gasteiger charge is -2.36. The first kappa shape index (κ1) is 15.9. The molecule has 3 rings (SSSR count). The number of methoxy groups -OCH3 is 1. The van der Waals surface area contributed by atoms with E-state index in [0.717, 1.165) is 6.42 Å². The van der Waals surface area contributed by atoms with Gasteiger partial charge in [-0.15, -0.1) is 5.10 Å². The average molecular weight is 331 g/mol. The number of carboxylic acids is 1. The van der Waals surface area contributed by atoms with Gasteiger partial charge in [0.05, 0.1) is 12.5 Å². The van der Waals surface area contributed by atoms with Crippen molar-refractivity contribution in [2.24, 2.45) is 5.41 Å². The van der Waals surface area contributed by atoms with E-state index in [0.29, 0.717) is 30.0 Å². The molecule has 1 aliphatic rings. The molecule has 1 heterocycles. The van der Waals surface area contributed by atoms with Crippen LogP contribution in [-0.4, -0.2) is 44.3 Å². The predicted octanol–water partition coefficient (Wildman–Crippen LogP) is 1.25. The zero-order valence-electron chi connectivity index (χ0n) is 13.1. The lowest BCUT2D eigenvalue weighted by Crippen LogP contribution is -2.41. The Morgan fingerprint density at radius 1 is 1.42 bits per heavy atom. The Hall–Kier alpha value is -2.97. The van der Waals surface area contributed by atoms with Gasteiger partial charge in [0.2, 0.25) is 5.91 Å². The maximum absolute atomic E-state index is 12.2.